The van der Waals surface area contributed by atoms with E-state index in [2.05, 4.69) is 51.3 Å². The Bertz CT molecular complexity index is 1400. The van der Waals surface area contributed by atoms with E-state index >= 15 is 0 Å². The lowest BCUT2D eigenvalue weighted by Crippen LogP contribution is -2.36. The van der Waals surface area contributed by atoms with Gasteiger partial charge < -0.3 is 24.3 Å². The van der Waals surface area contributed by atoms with Crippen molar-refractivity contribution in [3.05, 3.63) is 101 Å². The zero-order chi connectivity index (χ0) is 25.4. The first kappa shape index (κ1) is 24.0. The van der Waals surface area contributed by atoms with E-state index in [0.29, 0.717) is 10.1 Å². The summed E-state index contributed by atoms with van der Waals surface area (Å²) >= 11 is 12.2. The molecule has 2 atom stereocenters. The van der Waals surface area contributed by atoms with Crippen molar-refractivity contribution in [2.45, 2.75) is 19.0 Å². The monoisotopic (exact) mass is 530 g/mol. The first-order valence-corrected chi connectivity index (χ1v) is 13.2. The maximum absolute atomic E-state index is 6.51. The van der Waals surface area contributed by atoms with Crippen molar-refractivity contribution in [3.8, 4) is 11.3 Å². The Balaban J connectivity index is 1.38. The van der Waals surface area contributed by atoms with Crippen LogP contribution in [0.3, 0.4) is 0 Å². The summed E-state index contributed by atoms with van der Waals surface area (Å²) in [4.78, 5) is 9.11. The van der Waals surface area contributed by atoms with Gasteiger partial charge >= 0.3 is 0 Å². The average Bonchev–Trinajstić information content (AvgIpc) is 3.56. The molecule has 0 radical (unpaired) electrons. The van der Waals surface area contributed by atoms with Crippen LogP contribution in [0.15, 0.2) is 83.4 Å². The van der Waals surface area contributed by atoms with Gasteiger partial charge in [0.25, 0.3) is 0 Å². The molecule has 6 rings (SSSR count). The van der Waals surface area contributed by atoms with Crippen LogP contribution in [0.2, 0.25) is 5.02 Å². The van der Waals surface area contributed by atoms with Gasteiger partial charge in [-0.2, -0.15) is 0 Å². The van der Waals surface area contributed by atoms with Gasteiger partial charge in [-0.25, -0.2) is 0 Å². The molecular weight excluding hydrogens is 504 g/mol. The van der Waals surface area contributed by atoms with E-state index < -0.39 is 0 Å². The Morgan fingerprint density at radius 2 is 1.76 bits per heavy atom. The van der Waals surface area contributed by atoms with Crippen LogP contribution in [0.5, 0.6) is 0 Å². The maximum atomic E-state index is 6.51. The van der Waals surface area contributed by atoms with E-state index in [1.54, 1.807) is 6.20 Å². The number of aryl methyl sites for hydroxylation is 1. The molecule has 1 N–H and O–H groups in total. The number of halogens is 1. The topological polar surface area (TPSA) is 53.8 Å². The van der Waals surface area contributed by atoms with E-state index in [4.69, 9.17) is 33.0 Å². The van der Waals surface area contributed by atoms with Crippen LogP contribution in [0.4, 0.5) is 11.4 Å². The molecular formula is C29H27ClN4O2S. The molecule has 0 unspecified atom stereocenters. The molecule has 0 bridgehead atoms. The summed E-state index contributed by atoms with van der Waals surface area (Å²) in [7, 11) is 0. The van der Waals surface area contributed by atoms with E-state index in [-0.39, 0.29) is 12.1 Å². The Kier molecular flexibility index (Phi) is 6.59. The number of nitrogens with zero attached hydrogens (tertiary/aromatic N) is 3. The number of aromatic nitrogens is 1. The highest BCUT2D eigenvalue weighted by Gasteiger charge is 2.42. The lowest BCUT2D eigenvalue weighted by molar-refractivity contribution is 0.122. The van der Waals surface area contributed by atoms with Crippen molar-refractivity contribution >= 4 is 40.3 Å². The predicted octanol–water partition coefficient (Wildman–Crippen LogP) is 6.32. The molecule has 0 amide bonds. The second kappa shape index (κ2) is 10.2. The number of furan rings is 1. The standard InChI is InChI=1S/C29H27ClN4O2S/c1-19-5-6-20(30)18-23(19)25-11-12-26(36-25)28-27(24-4-2-3-13-31-24)32-29(37)34(28)22-9-7-21(8-10-22)33-14-16-35-17-15-33/h2-13,18,27-28H,14-17H2,1H3,(H,32,37)/t27-,28-/m0/s1. The molecule has 8 heteroatoms. The summed E-state index contributed by atoms with van der Waals surface area (Å²) in [5.41, 5.74) is 5.15. The summed E-state index contributed by atoms with van der Waals surface area (Å²) in [6, 6.07) is 24.0. The Hall–Kier alpha value is -3.39. The van der Waals surface area contributed by atoms with E-state index in [1.165, 1.54) is 5.69 Å². The number of thiocarbonyl (C=S) groups is 1. The summed E-state index contributed by atoms with van der Waals surface area (Å²) < 4.78 is 12.0. The summed E-state index contributed by atoms with van der Waals surface area (Å²) in [6.07, 6.45) is 1.81. The molecule has 2 fully saturated rings. The molecule has 188 valence electrons. The number of rotatable bonds is 5. The molecule has 2 saturated heterocycles. The Labute approximate surface area is 226 Å². The zero-order valence-electron chi connectivity index (χ0n) is 20.4. The first-order chi connectivity index (χ1) is 18.1. The van der Waals surface area contributed by atoms with Crippen LogP contribution in [0.1, 0.15) is 29.1 Å². The average molecular weight is 531 g/mol. The quantitative estimate of drug-likeness (QED) is 0.303. The molecule has 0 spiro atoms. The second-order valence-corrected chi connectivity index (χ2v) is 10.1. The highest BCUT2D eigenvalue weighted by atomic mass is 35.5. The molecule has 2 aromatic carbocycles. The van der Waals surface area contributed by atoms with Crippen LogP contribution in [0.25, 0.3) is 11.3 Å². The fraction of sp³-hybridized carbons (Fsp3) is 0.241. The lowest BCUT2D eigenvalue weighted by atomic mass is 10.0. The fourth-order valence-electron chi connectivity index (χ4n) is 5.08. The summed E-state index contributed by atoms with van der Waals surface area (Å²) in [5.74, 6) is 1.57. The minimum Gasteiger partial charge on any atom is -0.459 e. The van der Waals surface area contributed by atoms with Crippen molar-refractivity contribution in [1.82, 2.24) is 10.3 Å². The van der Waals surface area contributed by atoms with Crippen molar-refractivity contribution in [2.75, 3.05) is 36.1 Å². The highest BCUT2D eigenvalue weighted by Crippen LogP contribution is 2.43. The number of ether oxygens (including phenoxy) is 1. The van der Waals surface area contributed by atoms with Gasteiger partial charge in [0.1, 0.15) is 17.6 Å². The molecule has 0 saturated carbocycles. The van der Waals surface area contributed by atoms with Crippen molar-refractivity contribution in [3.63, 3.8) is 0 Å². The Morgan fingerprint density at radius 3 is 2.51 bits per heavy atom. The molecule has 2 aromatic heterocycles. The second-order valence-electron chi connectivity index (χ2n) is 9.27. The van der Waals surface area contributed by atoms with E-state index in [0.717, 1.165) is 60.3 Å². The molecule has 6 nitrogen and oxygen atoms in total. The van der Waals surface area contributed by atoms with Gasteiger partial charge in [-0.15, -0.1) is 0 Å². The molecule has 4 aromatic rings. The van der Waals surface area contributed by atoms with Crippen molar-refractivity contribution in [2.24, 2.45) is 0 Å². The van der Waals surface area contributed by atoms with E-state index in [9.17, 15) is 0 Å². The van der Waals surface area contributed by atoms with Gasteiger partial charge in [0.05, 0.1) is 24.9 Å². The smallest absolute Gasteiger partial charge is 0.174 e. The largest absolute Gasteiger partial charge is 0.459 e. The number of hydrogen-bond acceptors (Lipinski definition) is 5. The lowest BCUT2D eigenvalue weighted by Gasteiger charge is -2.30. The third-order valence-electron chi connectivity index (χ3n) is 6.99. The minimum absolute atomic E-state index is 0.174. The zero-order valence-corrected chi connectivity index (χ0v) is 22.0. The summed E-state index contributed by atoms with van der Waals surface area (Å²) in [5, 5.41) is 4.81. The number of benzene rings is 2. The van der Waals surface area contributed by atoms with Gasteiger partial charge in [-0.1, -0.05) is 23.7 Å². The van der Waals surface area contributed by atoms with Crippen molar-refractivity contribution < 1.29 is 9.15 Å². The van der Waals surface area contributed by atoms with Gasteiger partial charge in [0.2, 0.25) is 0 Å². The van der Waals surface area contributed by atoms with Crippen LogP contribution in [-0.4, -0.2) is 36.4 Å². The summed E-state index contributed by atoms with van der Waals surface area (Å²) in [6.45, 7) is 5.35. The predicted molar refractivity (Wildman–Crippen MR) is 151 cm³/mol. The maximum Gasteiger partial charge on any atom is 0.174 e. The van der Waals surface area contributed by atoms with Crippen LogP contribution >= 0.6 is 23.8 Å². The first-order valence-electron chi connectivity index (χ1n) is 12.4. The minimum atomic E-state index is -0.218. The SMILES string of the molecule is Cc1ccc(Cl)cc1-c1ccc([C@H]2[C@H](c3ccccn3)NC(=S)N2c2ccc(N3CCOCC3)cc2)o1. The number of morpholine rings is 1. The highest BCUT2D eigenvalue weighted by molar-refractivity contribution is 7.80. The number of pyridine rings is 1. The molecule has 0 aliphatic carbocycles. The van der Waals surface area contributed by atoms with Gasteiger partial charge in [0, 0.05) is 41.2 Å². The molecule has 2 aliphatic heterocycles. The van der Waals surface area contributed by atoms with Gasteiger partial charge in [-0.3, -0.25) is 4.98 Å². The normalized spacial score (nSPS) is 19.8. The van der Waals surface area contributed by atoms with Crippen LogP contribution in [-0.2, 0) is 4.74 Å². The molecule has 37 heavy (non-hydrogen) atoms. The van der Waals surface area contributed by atoms with E-state index in [1.807, 2.05) is 48.5 Å². The molecule has 4 heterocycles. The fourth-order valence-corrected chi connectivity index (χ4v) is 5.60. The third kappa shape index (κ3) is 4.70. The number of hydrogen-bond donors (Lipinski definition) is 1. The van der Waals surface area contributed by atoms with Crippen molar-refractivity contribution in [1.29, 1.82) is 0 Å². The van der Waals surface area contributed by atoms with Crippen LogP contribution < -0.4 is 15.1 Å². The van der Waals surface area contributed by atoms with Crippen LogP contribution in [0, 0.1) is 6.92 Å². The van der Waals surface area contributed by atoms with Gasteiger partial charge in [0.15, 0.2) is 5.11 Å². The Morgan fingerprint density at radius 1 is 0.973 bits per heavy atom. The number of nitrogens with one attached hydrogen (secondary N) is 1. The third-order valence-corrected chi connectivity index (χ3v) is 7.54. The molecule has 2 aliphatic rings. The van der Waals surface area contributed by atoms with Gasteiger partial charge in [-0.05, 0) is 85.4 Å². The number of anilines is 2.